The third kappa shape index (κ3) is 5.43. The second-order valence-electron chi connectivity index (χ2n) is 6.62. The first kappa shape index (κ1) is 21.5. The molecule has 0 bridgehead atoms. The molecule has 0 aliphatic carbocycles. The van der Waals surface area contributed by atoms with E-state index in [4.69, 9.17) is 0 Å². The zero-order valence-corrected chi connectivity index (χ0v) is 18.2. The van der Waals surface area contributed by atoms with Crippen molar-refractivity contribution in [1.29, 1.82) is 0 Å². The van der Waals surface area contributed by atoms with Crippen LogP contribution in [0.25, 0.3) is 0 Å². The number of hydrogen-bond acceptors (Lipinski definition) is 4. The van der Waals surface area contributed by atoms with Gasteiger partial charge in [0.05, 0.1) is 4.90 Å². The van der Waals surface area contributed by atoms with Gasteiger partial charge in [-0.1, -0.05) is 30.3 Å². The molecule has 29 heavy (non-hydrogen) atoms. The van der Waals surface area contributed by atoms with Gasteiger partial charge < -0.3 is 9.80 Å². The molecular weight excluding hydrogens is 458 g/mol. The predicted molar refractivity (Wildman–Crippen MR) is 113 cm³/mol. The van der Waals surface area contributed by atoms with Crippen LogP contribution >= 0.6 is 15.9 Å². The largest absolute Gasteiger partial charge is 0.339 e. The molecule has 1 heterocycles. The monoisotopic (exact) mass is 479 g/mol. The van der Waals surface area contributed by atoms with Gasteiger partial charge in [-0.25, -0.2) is 13.1 Å². The fraction of sp³-hybridized carbons (Fsp3) is 0.300. The molecule has 2 aromatic carbocycles. The summed E-state index contributed by atoms with van der Waals surface area (Å²) in [6, 6.07) is 15.6. The van der Waals surface area contributed by atoms with Crippen LogP contribution in [-0.4, -0.2) is 62.8 Å². The summed E-state index contributed by atoms with van der Waals surface area (Å²) in [4.78, 5) is 28.4. The number of nitrogens with zero attached hydrogens (tertiary/aromatic N) is 2. The third-order valence-electron chi connectivity index (χ3n) is 4.70. The highest BCUT2D eigenvalue weighted by Crippen LogP contribution is 2.20. The number of nitrogens with one attached hydrogen (secondary N) is 1. The molecular formula is C20H22BrN3O4S. The molecule has 0 aromatic heterocycles. The lowest BCUT2D eigenvalue weighted by atomic mass is 10.2. The van der Waals surface area contributed by atoms with Gasteiger partial charge in [0.1, 0.15) is 0 Å². The lowest BCUT2D eigenvalue weighted by Crippen LogP contribution is -2.51. The minimum Gasteiger partial charge on any atom is -0.339 e. The molecule has 9 heteroatoms. The van der Waals surface area contributed by atoms with Crippen LogP contribution in [0.1, 0.15) is 16.8 Å². The van der Waals surface area contributed by atoms with Crippen molar-refractivity contribution in [3.63, 3.8) is 0 Å². The minimum absolute atomic E-state index is 0.0195. The second-order valence-corrected chi connectivity index (χ2v) is 9.21. The van der Waals surface area contributed by atoms with Crippen LogP contribution in [0.3, 0.4) is 0 Å². The Bertz CT molecular complexity index is 974. The molecule has 0 atom stereocenters. The highest BCUT2D eigenvalue weighted by Gasteiger charge is 2.25. The molecule has 1 fully saturated rings. The van der Waals surface area contributed by atoms with Crippen molar-refractivity contribution in [1.82, 2.24) is 14.5 Å². The Morgan fingerprint density at radius 3 is 2.14 bits per heavy atom. The Labute approximate surface area is 178 Å². The van der Waals surface area contributed by atoms with E-state index in [9.17, 15) is 18.0 Å². The van der Waals surface area contributed by atoms with Crippen LogP contribution in [0, 0.1) is 0 Å². The molecule has 1 aliphatic rings. The maximum Gasteiger partial charge on any atom is 0.253 e. The first-order valence-corrected chi connectivity index (χ1v) is 11.5. The van der Waals surface area contributed by atoms with E-state index in [2.05, 4.69) is 20.7 Å². The van der Waals surface area contributed by atoms with Crippen molar-refractivity contribution in [3.05, 3.63) is 64.6 Å². The number of halogens is 1. The van der Waals surface area contributed by atoms with Gasteiger partial charge in [0, 0.05) is 49.2 Å². The Balaban J connectivity index is 1.47. The Hall–Kier alpha value is -2.23. The standard InChI is InChI=1S/C20H22BrN3O4S/c21-17-8-4-5-9-18(17)29(27,28)22-11-10-19(25)23-12-14-24(15-13-23)20(26)16-6-2-1-3-7-16/h1-9,22H,10-15H2. The first-order valence-electron chi connectivity index (χ1n) is 9.25. The van der Waals surface area contributed by atoms with Gasteiger partial charge in [-0.2, -0.15) is 0 Å². The van der Waals surface area contributed by atoms with Gasteiger partial charge in [-0.05, 0) is 40.2 Å². The SMILES string of the molecule is O=C(CCNS(=O)(=O)c1ccccc1Br)N1CCN(C(=O)c2ccccc2)CC1. The number of carbonyl (C=O) groups excluding carboxylic acids is 2. The summed E-state index contributed by atoms with van der Waals surface area (Å²) in [5.41, 5.74) is 0.633. The maximum atomic E-state index is 12.5. The second kappa shape index (κ2) is 9.51. The van der Waals surface area contributed by atoms with Crippen molar-refractivity contribution in [3.8, 4) is 0 Å². The minimum atomic E-state index is -3.69. The lowest BCUT2D eigenvalue weighted by Gasteiger charge is -2.35. The van der Waals surface area contributed by atoms with Gasteiger partial charge in [0.15, 0.2) is 0 Å². The van der Waals surface area contributed by atoms with Crippen LogP contribution in [0.4, 0.5) is 0 Å². The molecule has 1 aliphatic heterocycles. The molecule has 7 nitrogen and oxygen atoms in total. The van der Waals surface area contributed by atoms with E-state index in [-0.39, 0.29) is 29.7 Å². The van der Waals surface area contributed by atoms with Crippen molar-refractivity contribution in [2.45, 2.75) is 11.3 Å². The van der Waals surface area contributed by atoms with Crippen molar-refractivity contribution < 1.29 is 18.0 Å². The van der Waals surface area contributed by atoms with Gasteiger partial charge in [0.25, 0.3) is 5.91 Å². The molecule has 2 amide bonds. The smallest absolute Gasteiger partial charge is 0.253 e. The van der Waals surface area contributed by atoms with Gasteiger partial charge in [-0.15, -0.1) is 0 Å². The number of carbonyl (C=O) groups is 2. The molecule has 0 radical (unpaired) electrons. The topological polar surface area (TPSA) is 86.8 Å². The molecule has 1 N–H and O–H groups in total. The van der Waals surface area contributed by atoms with E-state index < -0.39 is 10.0 Å². The summed E-state index contributed by atoms with van der Waals surface area (Å²) < 4.78 is 27.6. The molecule has 3 rings (SSSR count). The van der Waals surface area contributed by atoms with E-state index in [0.717, 1.165) is 0 Å². The van der Waals surface area contributed by atoms with Crippen molar-refractivity contribution in [2.24, 2.45) is 0 Å². The quantitative estimate of drug-likeness (QED) is 0.686. The summed E-state index contributed by atoms with van der Waals surface area (Å²) in [5, 5.41) is 0. The number of benzene rings is 2. The zero-order valence-electron chi connectivity index (χ0n) is 15.8. The average molecular weight is 480 g/mol. The highest BCUT2D eigenvalue weighted by atomic mass is 79.9. The summed E-state index contributed by atoms with van der Waals surface area (Å²) in [5.74, 6) is -0.175. The van der Waals surface area contributed by atoms with Crippen LogP contribution in [0.2, 0.25) is 0 Å². The van der Waals surface area contributed by atoms with Crippen LogP contribution in [-0.2, 0) is 14.8 Å². The van der Waals surface area contributed by atoms with E-state index in [1.165, 1.54) is 6.07 Å². The predicted octanol–water partition coefficient (Wildman–Crippen LogP) is 2.10. The van der Waals surface area contributed by atoms with Gasteiger partial charge >= 0.3 is 0 Å². The van der Waals surface area contributed by atoms with E-state index in [1.807, 2.05) is 18.2 Å². The first-order chi connectivity index (χ1) is 13.9. The third-order valence-corrected chi connectivity index (χ3v) is 7.17. The number of hydrogen-bond donors (Lipinski definition) is 1. The van der Waals surface area contributed by atoms with Crippen molar-refractivity contribution >= 4 is 37.8 Å². The molecule has 154 valence electrons. The maximum absolute atomic E-state index is 12.5. The van der Waals surface area contributed by atoms with Crippen LogP contribution < -0.4 is 4.72 Å². The van der Waals surface area contributed by atoms with Gasteiger partial charge in [0.2, 0.25) is 15.9 Å². The van der Waals surface area contributed by atoms with Gasteiger partial charge in [-0.3, -0.25) is 9.59 Å². The summed E-state index contributed by atoms with van der Waals surface area (Å²) >= 11 is 3.22. The fourth-order valence-electron chi connectivity index (χ4n) is 3.11. The summed E-state index contributed by atoms with van der Waals surface area (Å²) in [6.45, 7) is 1.82. The number of amides is 2. The number of rotatable bonds is 6. The molecule has 0 spiro atoms. The molecule has 1 saturated heterocycles. The van der Waals surface area contributed by atoms with E-state index >= 15 is 0 Å². The van der Waals surface area contributed by atoms with Crippen molar-refractivity contribution in [2.75, 3.05) is 32.7 Å². The number of sulfonamides is 1. The normalized spacial score (nSPS) is 14.7. The Morgan fingerprint density at radius 1 is 0.897 bits per heavy atom. The van der Waals surface area contributed by atoms with Crippen LogP contribution in [0.15, 0.2) is 64.0 Å². The molecule has 0 unspecified atom stereocenters. The lowest BCUT2D eigenvalue weighted by molar-refractivity contribution is -0.132. The van der Waals surface area contributed by atoms with E-state index in [1.54, 1.807) is 40.1 Å². The summed E-state index contributed by atoms with van der Waals surface area (Å²) in [7, 11) is -3.69. The average Bonchev–Trinajstić information content (AvgIpc) is 2.74. The van der Waals surface area contributed by atoms with Crippen LogP contribution in [0.5, 0.6) is 0 Å². The molecule has 2 aromatic rings. The summed E-state index contributed by atoms with van der Waals surface area (Å²) in [6.07, 6.45) is 0.0658. The number of piperazine rings is 1. The Kier molecular flexibility index (Phi) is 7.05. The highest BCUT2D eigenvalue weighted by molar-refractivity contribution is 9.10. The fourth-order valence-corrected chi connectivity index (χ4v) is 5.15. The van der Waals surface area contributed by atoms with E-state index in [0.29, 0.717) is 36.2 Å². The Morgan fingerprint density at radius 2 is 1.48 bits per heavy atom. The molecule has 0 saturated carbocycles. The zero-order chi connectivity index (χ0) is 20.9.